The first-order chi connectivity index (χ1) is 13.6. The molecule has 0 bridgehead atoms. The molecule has 0 aliphatic heterocycles. The minimum atomic E-state index is -4.56. The van der Waals surface area contributed by atoms with Crippen molar-refractivity contribution >= 4 is 23.3 Å². The van der Waals surface area contributed by atoms with Crippen molar-refractivity contribution in [2.45, 2.75) is 19.2 Å². The van der Waals surface area contributed by atoms with Gasteiger partial charge in [0.15, 0.2) is 12.7 Å². The predicted octanol–water partition coefficient (Wildman–Crippen LogP) is 3.56. The summed E-state index contributed by atoms with van der Waals surface area (Å²) in [5.41, 5.74) is -1.36. The predicted molar refractivity (Wildman–Crippen MR) is 94.2 cm³/mol. The highest BCUT2D eigenvalue weighted by Gasteiger charge is 2.30. The van der Waals surface area contributed by atoms with Crippen LogP contribution in [0.15, 0.2) is 48.5 Å². The first-order valence-corrected chi connectivity index (χ1v) is 8.11. The van der Waals surface area contributed by atoms with Gasteiger partial charge in [-0.15, -0.1) is 0 Å². The highest BCUT2D eigenvalue weighted by Crippen LogP contribution is 2.31. The largest absolute Gasteiger partial charge is 0.482 e. The molecule has 0 spiro atoms. The molecule has 29 heavy (non-hydrogen) atoms. The Bertz CT molecular complexity index is 916. The third-order valence-electron chi connectivity index (χ3n) is 3.55. The first-order valence-electron chi connectivity index (χ1n) is 8.11. The number of hydrogen-bond donors (Lipinski definition) is 1. The number of nitro groups is 1. The maximum atomic E-state index is 12.7. The SMILES string of the molecule is C[C@@H](OC(=O)COc1cccc(C(F)(F)F)c1)C(=O)Nc1ccccc1[N+](=O)[O-]. The van der Waals surface area contributed by atoms with Crippen molar-refractivity contribution in [1.82, 2.24) is 0 Å². The van der Waals surface area contributed by atoms with Crippen LogP contribution in [0.5, 0.6) is 5.75 Å². The van der Waals surface area contributed by atoms with E-state index in [1.54, 1.807) is 0 Å². The normalized spacial score (nSPS) is 12.0. The van der Waals surface area contributed by atoms with Gasteiger partial charge in [0, 0.05) is 6.07 Å². The highest BCUT2D eigenvalue weighted by atomic mass is 19.4. The van der Waals surface area contributed by atoms with Crippen molar-refractivity contribution in [2.75, 3.05) is 11.9 Å². The number of rotatable bonds is 7. The van der Waals surface area contributed by atoms with Gasteiger partial charge >= 0.3 is 12.1 Å². The molecule has 0 aliphatic rings. The molecule has 2 aromatic rings. The molecular weight excluding hydrogens is 397 g/mol. The number of nitrogens with zero attached hydrogens (tertiary/aromatic N) is 1. The summed E-state index contributed by atoms with van der Waals surface area (Å²) in [6.45, 7) is 0.497. The number of carbonyl (C=O) groups excluding carboxylic acids is 2. The summed E-state index contributed by atoms with van der Waals surface area (Å²) in [6, 6.07) is 9.30. The lowest BCUT2D eigenvalue weighted by Gasteiger charge is -2.14. The van der Waals surface area contributed by atoms with E-state index in [0.29, 0.717) is 0 Å². The molecule has 0 unspecified atom stereocenters. The number of alkyl halides is 3. The molecule has 0 heterocycles. The van der Waals surface area contributed by atoms with Gasteiger partial charge in [-0.05, 0) is 31.2 Å². The molecule has 0 fully saturated rings. The fourth-order valence-corrected chi connectivity index (χ4v) is 2.16. The minimum absolute atomic E-state index is 0.0781. The maximum Gasteiger partial charge on any atom is 0.416 e. The Hall–Kier alpha value is -3.63. The lowest BCUT2D eigenvalue weighted by atomic mass is 10.2. The zero-order chi connectivity index (χ0) is 21.6. The average molecular weight is 412 g/mol. The Kier molecular flexibility index (Phi) is 6.75. The smallest absolute Gasteiger partial charge is 0.416 e. The Morgan fingerprint density at radius 3 is 2.52 bits per heavy atom. The number of halogens is 3. The van der Waals surface area contributed by atoms with Gasteiger partial charge in [0.2, 0.25) is 0 Å². The zero-order valence-electron chi connectivity index (χ0n) is 14.9. The molecule has 0 saturated heterocycles. The number of anilines is 1. The van der Waals surface area contributed by atoms with Gasteiger partial charge in [0.05, 0.1) is 10.5 Å². The third kappa shape index (κ3) is 6.19. The van der Waals surface area contributed by atoms with Crippen LogP contribution in [0.3, 0.4) is 0 Å². The summed E-state index contributed by atoms with van der Waals surface area (Å²) in [4.78, 5) is 34.1. The topological polar surface area (TPSA) is 108 Å². The van der Waals surface area contributed by atoms with E-state index in [1.807, 2.05) is 0 Å². The molecule has 2 rings (SSSR count). The molecule has 8 nitrogen and oxygen atoms in total. The Morgan fingerprint density at radius 2 is 1.86 bits per heavy atom. The van der Waals surface area contributed by atoms with Crippen LogP contribution in [0.1, 0.15) is 12.5 Å². The molecule has 0 radical (unpaired) electrons. The van der Waals surface area contributed by atoms with Crippen LogP contribution in [0.2, 0.25) is 0 Å². The van der Waals surface area contributed by atoms with E-state index in [9.17, 15) is 32.9 Å². The van der Waals surface area contributed by atoms with Gasteiger partial charge in [-0.1, -0.05) is 18.2 Å². The first kappa shape index (κ1) is 21.7. The minimum Gasteiger partial charge on any atom is -0.482 e. The van der Waals surface area contributed by atoms with E-state index in [1.165, 1.54) is 37.3 Å². The molecule has 1 atom stereocenters. The van der Waals surface area contributed by atoms with Crippen LogP contribution in [0.25, 0.3) is 0 Å². The number of ether oxygens (including phenoxy) is 2. The Labute approximate surface area is 162 Å². The Balaban J connectivity index is 1.91. The molecule has 2 aromatic carbocycles. The van der Waals surface area contributed by atoms with Crippen LogP contribution in [0.4, 0.5) is 24.5 Å². The molecule has 1 amide bonds. The van der Waals surface area contributed by atoms with E-state index in [4.69, 9.17) is 9.47 Å². The monoisotopic (exact) mass is 412 g/mol. The lowest BCUT2D eigenvalue weighted by Crippen LogP contribution is -2.31. The third-order valence-corrected chi connectivity index (χ3v) is 3.55. The van der Waals surface area contributed by atoms with Crippen LogP contribution in [0, 0.1) is 10.1 Å². The van der Waals surface area contributed by atoms with Crippen LogP contribution in [-0.2, 0) is 20.5 Å². The second kappa shape index (κ2) is 9.04. The van der Waals surface area contributed by atoms with Crippen molar-refractivity contribution in [3.63, 3.8) is 0 Å². The number of amides is 1. The van der Waals surface area contributed by atoms with Crippen molar-refractivity contribution in [3.8, 4) is 5.75 Å². The van der Waals surface area contributed by atoms with Crippen molar-refractivity contribution in [3.05, 3.63) is 64.2 Å². The fourth-order valence-electron chi connectivity index (χ4n) is 2.16. The molecule has 0 aliphatic carbocycles. The number of nitrogens with one attached hydrogen (secondary N) is 1. The van der Waals surface area contributed by atoms with Gasteiger partial charge < -0.3 is 14.8 Å². The number of benzene rings is 2. The van der Waals surface area contributed by atoms with E-state index >= 15 is 0 Å². The van der Waals surface area contributed by atoms with Crippen molar-refractivity contribution < 1.29 is 37.2 Å². The summed E-state index contributed by atoms with van der Waals surface area (Å²) < 4.78 is 47.7. The zero-order valence-corrected chi connectivity index (χ0v) is 14.9. The van der Waals surface area contributed by atoms with Crippen molar-refractivity contribution in [2.24, 2.45) is 0 Å². The summed E-state index contributed by atoms with van der Waals surface area (Å²) in [6.07, 6.45) is -5.89. The molecule has 11 heteroatoms. The van der Waals surface area contributed by atoms with E-state index in [0.717, 1.165) is 18.2 Å². The maximum absolute atomic E-state index is 12.7. The fraction of sp³-hybridized carbons (Fsp3) is 0.222. The number of para-hydroxylation sites is 2. The molecule has 0 saturated carbocycles. The highest BCUT2D eigenvalue weighted by molar-refractivity contribution is 5.96. The second-order valence-corrected chi connectivity index (χ2v) is 5.71. The van der Waals surface area contributed by atoms with Gasteiger partial charge in [-0.3, -0.25) is 14.9 Å². The lowest BCUT2D eigenvalue weighted by molar-refractivity contribution is -0.383. The standard InChI is InChI=1S/C18H15F3N2O6/c1-11(17(25)22-14-7-2-3-8-15(14)23(26)27)29-16(24)10-28-13-6-4-5-12(9-13)18(19,20)21/h2-9,11H,10H2,1H3,(H,22,25)/t11-/m1/s1. The second-order valence-electron chi connectivity index (χ2n) is 5.71. The number of esters is 1. The number of carbonyl (C=O) groups is 2. The van der Waals surface area contributed by atoms with Gasteiger partial charge in [-0.25, -0.2) is 4.79 Å². The average Bonchev–Trinajstić information content (AvgIpc) is 2.66. The van der Waals surface area contributed by atoms with Crippen LogP contribution in [-0.4, -0.2) is 29.5 Å². The molecule has 0 aromatic heterocycles. The van der Waals surface area contributed by atoms with Crippen LogP contribution >= 0.6 is 0 Å². The van der Waals surface area contributed by atoms with E-state index < -0.39 is 41.3 Å². The Morgan fingerprint density at radius 1 is 1.17 bits per heavy atom. The van der Waals surface area contributed by atoms with E-state index in [2.05, 4.69) is 5.32 Å². The van der Waals surface area contributed by atoms with Gasteiger partial charge in [-0.2, -0.15) is 13.2 Å². The number of nitro benzene ring substituents is 1. The molecule has 154 valence electrons. The van der Waals surface area contributed by atoms with Gasteiger partial charge in [0.25, 0.3) is 11.6 Å². The van der Waals surface area contributed by atoms with E-state index in [-0.39, 0.29) is 17.1 Å². The van der Waals surface area contributed by atoms with Crippen molar-refractivity contribution in [1.29, 1.82) is 0 Å². The summed E-state index contributed by atoms with van der Waals surface area (Å²) in [7, 11) is 0. The number of hydrogen-bond acceptors (Lipinski definition) is 6. The summed E-state index contributed by atoms with van der Waals surface area (Å²) in [5, 5.41) is 13.2. The molecule has 1 N–H and O–H groups in total. The van der Waals surface area contributed by atoms with Gasteiger partial charge in [0.1, 0.15) is 11.4 Å². The van der Waals surface area contributed by atoms with Crippen LogP contribution < -0.4 is 10.1 Å². The summed E-state index contributed by atoms with van der Waals surface area (Å²) >= 11 is 0. The quantitative estimate of drug-likeness (QED) is 0.423. The summed E-state index contributed by atoms with van der Waals surface area (Å²) in [5.74, 6) is -2.03. The molecular formula is C18H15F3N2O6.